The van der Waals surface area contributed by atoms with Gasteiger partial charge in [-0.1, -0.05) is 86.8 Å². The number of hydrogen-bond donors (Lipinski definition) is 12. The van der Waals surface area contributed by atoms with Crippen LogP contribution in [-0.2, 0) is 28.5 Å². The largest absolute Gasteiger partial charge is 0.481 e. The molecular weight excluding hydrogens is 851 g/mol. The minimum absolute atomic E-state index is 0.138. The van der Waals surface area contributed by atoms with Gasteiger partial charge in [-0.3, -0.25) is 9.59 Å². The number of ether oxygens (including phenoxy) is 4. The minimum Gasteiger partial charge on any atom is -0.481 e. The molecule has 3 rings (SSSR count). The lowest BCUT2D eigenvalue weighted by atomic mass is 9.82. The topological polar surface area (TPSA) is 320 Å². The lowest BCUT2D eigenvalue weighted by Gasteiger charge is -2.45. The van der Waals surface area contributed by atoms with Gasteiger partial charge < -0.3 is 80.9 Å². The molecule has 18 nitrogen and oxygen atoms in total. The van der Waals surface area contributed by atoms with Gasteiger partial charge in [0.25, 0.3) is 0 Å². The Hall–Kier alpha value is -3.18. The van der Waals surface area contributed by atoms with Crippen molar-refractivity contribution in [2.75, 3.05) is 0 Å². The summed E-state index contributed by atoms with van der Waals surface area (Å²) in [5.41, 5.74) is 6.02. The van der Waals surface area contributed by atoms with Gasteiger partial charge in [-0.15, -0.1) is 0 Å². The number of aliphatic carboxylic acids is 1. The molecule has 370 valence electrons. The van der Waals surface area contributed by atoms with E-state index >= 15 is 0 Å². The number of aliphatic hydroxyl groups excluding tert-OH is 9. The molecule has 3 heterocycles. The molecule has 0 unspecified atom stereocenters. The molecule has 2 fully saturated rings. The van der Waals surface area contributed by atoms with E-state index < -0.39 is 141 Å². The van der Waals surface area contributed by atoms with E-state index in [-0.39, 0.29) is 38.0 Å². The first kappa shape index (κ1) is 56.1. The maximum absolute atomic E-state index is 12.6. The number of carboxylic acid groups (broad SMARTS) is 1. The van der Waals surface area contributed by atoms with Crippen LogP contribution in [0.15, 0.2) is 72.9 Å². The number of allylic oxidation sites excluding steroid dienone is 10. The minimum atomic E-state index is -2.35. The van der Waals surface area contributed by atoms with E-state index in [1.165, 1.54) is 13.0 Å². The van der Waals surface area contributed by atoms with Crippen molar-refractivity contribution in [3.05, 3.63) is 72.9 Å². The Balaban J connectivity index is 1.84. The van der Waals surface area contributed by atoms with Gasteiger partial charge in [-0.05, 0) is 52.4 Å². The lowest BCUT2D eigenvalue weighted by molar-refractivity contribution is -0.310. The van der Waals surface area contributed by atoms with E-state index in [0.29, 0.717) is 0 Å². The van der Waals surface area contributed by atoms with E-state index in [9.17, 15) is 65.8 Å². The van der Waals surface area contributed by atoms with Crippen LogP contribution in [0.5, 0.6) is 0 Å². The predicted molar refractivity (Wildman–Crippen MR) is 237 cm³/mol. The van der Waals surface area contributed by atoms with Crippen molar-refractivity contribution < 1.29 is 84.7 Å². The molecule has 3 aliphatic heterocycles. The highest BCUT2D eigenvalue weighted by Crippen LogP contribution is 2.38. The highest BCUT2D eigenvalue weighted by molar-refractivity contribution is 5.71. The quantitative estimate of drug-likeness (QED) is 0.175. The Morgan fingerprint density at radius 2 is 1.28 bits per heavy atom. The van der Waals surface area contributed by atoms with Gasteiger partial charge in [-0.25, -0.2) is 0 Å². The normalized spacial score (nSPS) is 43.3. The van der Waals surface area contributed by atoms with Crippen LogP contribution in [-0.4, -0.2) is 166 Å². The van der Waals surface area contributed by atoms with Crippen molar-refractivity contribution >= 4 is 11.9 Å². The lowest BCUT2D eigenvalue weighted by Crippen LogP contribution is -2.61. The first-order chi connectivity index (χ1) is 30.6. The maximum Gasteiger partial charge on any atom is 0.311 e. The third-order valence-corrected chi connectivity index (χ3v) is 12.2. The molecule has 2 saturated heterocycles. The van der Waals surface area contributed by atoms with E-state index in [1.54, 1.807) is 38.2 Å². The van der Waals surface area contributed by atoms with Crippen LogP contribution in [0.1, 0.15) is 91.9 Å². The summed E-state index contributed by atoms with van der Waals surface area (Å²) < 4.78 is 23.2. The molecule has 0 radical (unpaired) electrons. The van der Waals surface area contributed by atoms with Gasteiger partial charge in [0, 0.05) is 31.1 Å². The number of esters is 1. The molecule has 0 spiro atoms. The molecule has 19 atom stereocenters. The van der Waals surface area contributed by atoms with Crippen LogP contribution in [0.3, 0.4) is 0 Å². The molecule has 0 aromatic rings. The van der Waals surface area contributed by atoms with E-state index in [1.807, 2.05) is 49.5 Å². The number of aliphatic hydroxyl groups is 10. The Kier molecular flexibility index (Phi) is 23.8. The van der Waals surface area contributed by atoms with Crippen LogP contribution in [0, 0.1) is 17.8 Å². The fraction of sp³-hybridized carbons (Fsp3) is 0.702. The summed E-state index contributed by atoms with van der Waals surface area (Å²) in [4.78, 5) is 25.1. The number of rotatable bonds is 3. The molecule has 18 heteroatoms. The predicted octanol–water partition coefficient (Wildman–Crippen LogP) is 0.936. The number of nitrogens with two attached hydrogens (primary N) is 1. The van der Waals surface area contributed by atoms with Crippen molar-refractivity contribution in [3.63, 3.8) is 0 Å². The van der Waals surface area contributed by atoms with Crippen LogP contribution < -0.4 is 5.73 Å². The summed E-state index contributed by atoms with van der Waals surface area (Å²) in [5, 5.41) is 118. The molecular formula is C47H75NO17. The summed E-state index contributed by atoms with van der Waals surface area (Å²) >= 11 is 0. The van der Waals surface area contributed by atoms with E-state index in [4.69, 9.17) is 24.7 Å². The number of cyclic esters (lactones) is 1. The summed E-state index contributed by atoms with van der Waals surface area (Å²) in [7, 11) is 0. The van der Waals surface area contributed by atoms with E-state index in [2.05, 4.69) is 0 Å². The molecule has 0 aromatic carbocycles. The summed E-state index contributed by atoms with van der Waals surface area (Å²) in [6, 6.07) is -1.14. The van der Waals surface area contributed by atoms with Crippen molar-refractivity contribution in [1.29, 1.82) is 0 Å². The number of hydrogen-bond acceptors (Lipinski definition) is 17. The zero-order valence-corrected chi connectivity index (χ0v) is 37.8. The van der Waals surface area contributed by atoms with Gasteiger partial charge in [0.15, 0.2) is 12.1 Å². The molecule has 13 N–H and O–H groups in total. The van der Waals surface area contributed by atoms with Crippen LogP contribution >= 0.6 is 0 Å². The fourth-order valence-corrected chi connectivity index (χ4v) is 8.11. The smallest absolute Gasteiger partial charge is 0.311 e. The Morgan fingerprint density at radius 1 is 0.692 bits per heavy atom. The second-order valence-electron chi connectivity index (χ2n) is 17.8. The fourth-order valence-electron chi connectivity index (χ4n) is 8.11. The molecule has 0 aromatic heterocycles. The molecule has 0 saturated carbocycles. The first-order valence-electron chi connectivity index (χ1n) is 22.6. The standard InChI is InChI=1S/C47H75NO17/c1-27-17-15-13-11-9-7-5-6-8-10-12-14-16-18-34(64-46-44(58)41(48)43(57)30(4)63-46)24-38-40(45(59)60)37(54)26-47(61,65-38)25-36(53)35(52)20-19-31(49)21-32(50)22-33(51)23-39(55)62-29(3)28(2)42(27)56/h5-6,8,10-18,27-38,40-44,46,49-54,56-58,61H,7,9,19-26,48H2,1-4H3,(H,59,60)/b6-5?,10-8?,13-11?,14-12-,17-15-,18-16?/t27-,28+,29-,30-,31+,32+,33+,34+,35-,36+,37+,38-,40+,41+,42-,43+,44-,46+,47+/m0/s1. The number of carbonyl (C=O) groups excluding carboxylic acids is 1. The molecule has 0 aliphatic carbocycles. The monoisotopic (exact) mass is 926 g/mol. The van der Waals surface area contributed by atoms with Crippen molar-refractivity contribution in [2.24, 2.45) is 23.5 Å². The van der Waals surface area contributed by atoms with Gasteiger partial charge in [0.2, 0.25) is 0 Å². The van der Waals surface area contributed by atoms with Crippen molar-refractivity contribution in [3.8, 4) is 0 Å². The van der Waals surface area contributed by atoms with Crippen molar-refractivity contribution in [1.82, 2.24) is 0 Å². The highest BCUT2D eigenvalue weighted by Gasteiger charge is 2.51. The average Bonchev–Trinajstić information content (AvgIpc) is 3.21. The van der Waals surface area contributed by atoms with Crippen molar-refractivity contribution in [2.45, 2.75) is 189 Å². The van der Waals surface area contributed by atoms with Gasteiger partial charge in [-0.2, -0.15) is 0 Å². The molecule has 0 amide bonds. The second-order valence-corrected chi connectivity index (χ2v) is 17.8. The first-order valence-corrected chi connectivity index (χ1v) is 22.6. The maximum atomic E-state index is 12.6. The third-order valence-electron chi connectivity index (χ3n) is 12.2. The molecule has 2 bridgehead atoms. The Bertz CT molecular complexity index is 1620. The summed E-state index contributed by atoms with van der Waals surface area (Å²) in [6.45, 7) is 6.78. The Labute approximate surface area is 381 Å². The number of carbonyl (C=O) groups is 2. The molecule has 65 heavy (non-hydrogen) atoms. The second kappa shape index (κ2) is 27.6. The highest BCUT2D eigenvalue weighted by atomic mass is 16.7. The summed E-state index contributed by atoms with van der Waals surface area (Å²) in [5.74, 6) is -6.82. The van der Waals surface area contributed by atoms with E-state index in [0.717, 1.165) is 12.8 Å². The zero-order chi connectivity index (χ0) is 48.4. The van der Waals surface area contributed by atoms with Crippen LogP contribution in [0.4, 0.5) is 0 Å². The third kappa shape index (κ3) is 18.8. The van der Waals surface area contributed by atoms with Crippen LogP contribution in [0.2, 0.25) is 0 Å². The van der Waals surface area contributed by atoms with Gasteiger partial charge >= 0.3 is 11.9 Å². The zero-order valence-electron chi connectivity index (χ0n) is 37.8. The number of carboxylic acids is 1. The SMILES string of the molecule is C[C@H]1[C@@H](O)[C@@H](C)/C=C\C=CCCC=CC=C/C=C\C=C[C@@H](O[C@H]2O[C@@H](C)[C@@H](O)[C@@H](N)[C@@H]2O)C[C@@H]2O[C@@](O)(C[C@@H](O)[C@H]2C(=O)O)C[C@@H](O)[C@@H](O)CC[C@@H](O)C[C@@H](O)C[C@@H](O)CC(=O)O[C@H]1C. The summed E-state index contributed by atoms with van der Waals surface area (Å²) in [6.07, 6.45) is 2.28. The average molecular weight is 926 g/mol. The Morgan fingerprint density at radius 3 is 1.94 bits per heavy atom. The molecule has 3 aliphatic rings. The van der Waals surface area contributed by atoms with Gasteiger partial charge in [0.1, 0.15) is 18.1 Å². The van der Waals surface area contributed by atoms with Gasteiger partial charge in [0.05, 0.1) is 79.6 Å². The number of fused-ring (bicyclic) bond motifs is 2. The van der Waals surface area contributed by atoms with Crippen LogP contribution in [0.25, 0.3) is 0 Å².